The Kier molecular flexibility index (Phi) is 3.95. The van der Waals surface area contributed by atoms with Crippen molar-refractivity contribution in [3.05, 3.63) is 47.5 Å². The van der Waals surface area contributed by atoms with E-state index in [4.69, 9.17) is 0 Å². The zero-order valence-electron chi connectivity index (χ0n) is 10.7. The maximum absolute atomic E-state index is 11.0. The zero-order chi connectivity index (χ0) is 13.0. The molecule has 0 heterocycles. The summed E-state index contributed by atoms with van der Waals surface area (Å²) in [5, 5.41) is 5.52. The van der Waals surface area contributed by atoms with Crippen molar-refractivity contribution in [3.63, 3.8) is 0 Å². The minimum Gasteiger partial charge on any atom is -0.468 e. The van der Waals surface area contributed by atoms with Gasteiger partial charge in [-0.25, -0.2) is 0 Å². The highest BCUT2D eigenvalue weighted by Gasteiger charge is 2.00. The molecule has 0 saturated carbocycles. The third kappa shape index (κ3) is 3.08. The van der Waals surface area contributed by atoms with Crippen LogP contribution in [0, 0.1) is 6.92 Å². The van der Waals surface area contributed by atoms with Gasteiger partial charge in [0.25, 0.3) is 0 Å². The van der Waals surface area contributed by atoms with E-state index in [1.54, 1.807) is 0 Å². The maximum Gasteiger partial charge on any atom is 0.319 e. The lowest BCUT2D eigenvalue weighted by Crippen LogP contribution is -2.23. The number of carbonyl (C=O) groups is 1. The Hall–Kier alpha value is -1.87. The Balaban J connectivity index is 2.06. The molecule has 0 radical (unpaired) electrons. The van der Waals surface area contributed by atoms with Gasteiger partial charge in [-0.15, -0.1) is 0 Å². The van der Waals surface area contributed by atoms with E-state index in [1.165, 1.54) is 23.4 Å². The number of ether oxygens (including phenoxy) is 1. The highest BCUT2D eigenvalue weighted by molar-refractivity contribution is 5.83. The van der Waals surface area contributed by atoms with Crippen molar-refractivity contribution < 1.29 is 9.53 Å². The molecule has 0 aromatic heterocycles. The van der Waals surface area contributed by atoms with Crippen molar-refractivity contribution >= 4 is 16.7 Å². The van der Waals surface area contributed by atoms with Gasteiger partial charge in [-0.1, -0.05) is 35.9 Å². The number of rotatable bonds is 4. The fourth-order valence-corrected chi connectivity index (χ4v) is 1.91. The molecule has 2 aromatic carbocycles. The number of aryl methyl sites for hydroxylation is 1. The highest BCUT2D eigenvalue weighted by atomic mass is 16.5. The van der Waals surface area contributed by atoms with Gasteiger partial charge in [0.2, 0.25) is 0 Å². The molecule has 1 N–H and O–H groups in total. The molecule has 2 aromatic rings. The van der Waals surface area contributed by atoms with Crippen LogP contribution in [0.4, 0.5) is 0 Å². The molecule has 3 heteroatoms. The van der Waals surface area contributed by atoms with Gasteiger partial charge in [-0.2, -0.15) is 0 Å². The molecule has 94 valence electrons. The number of benzene rings is 2. The lowest BCUT2D eigenvalue weighted by Gasteiger charge is -2.06. The first-order valence-corrected chi connectivity index (χ1v) is 5.96. The first-order valence-electron chi connectivity index (χ1n) is 5.96. The summed E-state index contributed by atoms with van der Waals surface area (Å²) in [7, 11) is 1.39. The number of hydrogen-bond acceptors (Lipinski definition) is 3. The van der Waals surface area contributed by atoms with Crippen LogP contribution in [0.15, 0.2) is 36.4 Å². The minimum absolute atomic E-state index is 0.239. The van der Waals surface area contributed by atoms with Crippen LogP contribution in [0.2, 0.25) is 0 Å². The fraction of sp³-hybridized carbons (Fsp3) is 0.267. The number of hydrogen-bond donors (Lipinski definition) is 1. The molecule has 0 unspecified atom stereocenters. The Labute approximate surface area is 107 Å². The number of esters is 1. The quantitative estimate of drug-likeness (QED) is 0.838. The van der Waals surface area contributed by atoms with Gasteiger partial charge >= 0.3 is 5.97 Å². The van der Waals surface area contributed by atoms with Crippen LogP contribution in [0.3, 0.4) is 0 Å². The highest BCUT2D eigenvalue weighted by Crippen LogP contribution is 2.17. The summed E-state index contributed by atoms with van der Waals surface area (Å²) < 4.78 is 4.57. The van der Waals surface area contributed by atoms with Crippen molar-refractivity contribution in [2.75, 3.05) is 13.7 Å². The fourth-order valence-electron chi connectivity index (χ4n) is 1.91. The van der Waals surface area contributed by atoms with Crippen molar-refractivity contribution in [1.29, 1.82) is 0 Å². The second-order valence-corrected chi connectivity index (χ2v) is 4.36. The molecule has 0 bridgehead atoms. The average molecular weight is 243 g/mol. The lowest BCUT2D eigenvalue weighted by atomic mass is 10.0. The van der Waals surface area contributed by atoms with Crippen molar-refractivity contribution in [3.8, 4) is 0 Å². The van der Waals surface area contributed by atoms with E-state index in [9.17, 15) is 4.79 Å². The predicted molar refractivity (Wildman–Crippen MR) is 72.4 cm³/mol. The summed E-state index contributed by atoms with van der Waals surface area (Å²) in [4.78, 5) is 11.0. The number of fused-ring (bicyclic) bond motifs is 1. The molecule has 2 rings (SSSR count). The molecule has 18 heavy (non-hydrogen) atoms. The number of methoxy groups -OCH3 is 1. The van der Waals surface area contributed by atoms with Crippen LogP contribution in [0.1, 0.15) is 11.1 Å². The van der Waals surface area contributed by atoms with Gasteiger partial charge in [-0.3, -0.25) is 4.79 Å². The summed E-state index contributed by atoms with van der Waals surface area (Å²) in [6, 6.07) is 12.7. The summed E-state index contributed by atoms with van der Waals surface area (Å²) in [5.74, 6) is -0.244. The monoisotopic (exact) mass is 243 g/mol. The van der Waals surface area contributed by atoms with E-state index < -0.39 is 0 Å². The molecule has 0 aliphatic heterocycles. The average Bonchev–Trinajstić information content (AvgIpc) is 2.38. The third-order valence-electron chi connectivity index (χ3n) is 2.89. The van der Waals surface area contributed by atoms with Crippen LogP contribution in [0.5, 0.6) is 0 Å². The minimum atomic E-state index is -0.244. The van der Waals surface area contributed by atoms with E-state index in [2.05, 4.69) is 53.4 Å². The lowest BCUT2D eigenvalue weighted by molar-refractivity contribution is -0.139. The normalized spacial score (nSPS) is 10.6. The van der Waals surface area contributed by atoms with Gasteiger partial charge < -0.3 is 10.1 Å². The first kappa shape index (κ1) is 12.6. The van der Waals surface area contributed by atoms with Crippen LogP contribution in [-0.2, 0) is 16.1 Å². The molecule has 0 aliphatic rings. The van der Waals surface area contributed by atoms with Gasteiger partial charge in [-0.05, 0) is 29.3 Å². The molecule has 0 fully saturated rings. The zero-order valence-corrected chi connectivity index (χ0v) is 10.7. The Morgan fingerprint density at radius 2 is 1.89 bits per heavy atom. The van der Waals surface area contributed by atoms with E-state index in [1.807, 2.05) is 0 Å². The molecule has 0 amide bonds. The van der Waals surface area contributed by atoms with Gasteiger partial charge in [0.05, 0.1) is 13.7 Å². The first-order chi connectivity index (χ1) is 8.69. The molecule has 0 spiro atoms. The van der Waals surface area contributed by atoms with Crippen LogP contribution in [0.25, 0.3) is 10.8 Å². The molecule has 0 saturated heterocycles. The van der Waals surface area contributed by atoms with E-state index in [0.29, 0.717) is 6.54 Å². The van der Waals surface area contributed by atoms with Crippen LogP contribution < -0.4 is 5.32 Å². The largest absolute Gasteiger partial charge is 0.468 e. The van der Waals surface area contributed by atoms with Crippen LogP contribution >= 0.6 is 0 Å². The van der Waals surface area contributed by atoms with E-state index >= 15 is 0 Å². The third-order valence-corrected chi connectivity index (χ3v) is 2.89. The maximum atomic E-state index is 11.0. The summed E-state index contributed by atoms with van der Waals surface area (Å²) in [6.07, 6.45) is 0. The molecular formula is C15H17NO2. The number of carbonyl (C=O) groups excluding carboxylic acids is 1. The summed E-state index contributed by atoms with van der Waals surface area (Å²) in [6.45, 7) is 2.99. The second-order valence-electron chi connectivity index (χ2n) is 4.36. The second kappa shape index (κ2) is 5.65. The van der Waals surface area contributed by atoms with Crippen molar-refractivity contribution in [1.82, 2.24) is 5.32 Å². The molecule has 0 atom stereocenters. The van der Waals surface area contributed by atoms with E-state index in [0.717, 1.165) is 5.56 Å². The van der Waals surface area contributed by atoms with Gasteiger partial charge in [0, 0.05) is 6.54 Å². The standard InChI is InChI=1S/C15H17NO2/c1-11-3-5-14-8-12(4-6-13(14)7-11)9-16-10-15(17)18-2/h3-8,16H,9-10H2,1-2H3. The summed E-state index contributed by atoms with van der Waals surface area (Å²) >= 11 is 0. The van der Waals surface area contributed by atoms with Crippen molar-refractivity contribution in [2.45, 2.75) is 13.5 Å². The van der Waals surface area contributed by atoms with Gasteiger partial charge in [0.15, 0.2) is 0 Å². The topological polar surface area (TPSA) is 38.3 Å². The Morgan fingerprint density at radius 1 is 1.17 bits per heavy atom. The summed E-state index contributed by atoms with van der Waals surface area (Å²) in [5.41, 5.74) is 2.43. The Bertz CT molecular complexity index is 563. The number of nitrogens with one attached hydrogen (secondary N) is 1. The van der Waals surface area contributed by atoms with Gasteiger partial charge in [0.1, 0.15) is 0 Å². The molecular weight excluding hydrogens is 226 g/mol. The van der Waals surface area contributed by atoms with Crippen molar-refractivity contribution in [2.24, 2.45) is 0 Å². The SMILES string of the molecule is COC(=O)CNCc1ccc2cc(C)ccc2c1. The molecule has 3 nitrogen and oxygen atoms in total. The molecule has 0 aliphatic carbocycles. The Morgan fingerprint density at radius 3 is 2.67 bits per heavy atom. The van der Waals surface area contributed by atoms with E-state index in [-0.39, 0.29) is 12.5 Å². The predicted octanol–water partition coefficient (Wildman–Crippen LogP) is 2.41. The smallest absolute Gasteiger partial charge is 0.319 e. The van der Waals surface area contributed by atoms with Crippen LogP contribution in [-0.4, -0.2) is 19.6 Å².